The summed E-state index contributed by atoms with van der Waals surface area (Å²) in [6.45, 7) is 5.92. The van der Waals surface area contributed by atoms with Gasteiger partial charge in [0.25, 0.3) is 5.56 Å². The van der Waals surface area contributed by atoms with Crippen LogP contribution < -0.4 is 16.6 Å². The van der Waals surface area contributed by atoms with Crippen LogP contribution in [0.2, 0.25) is 0 Å². The van der Waals surface area contributed by atoms with Gasteiger partial charge < -0.3 is 5.32 Å². The van der Waals surface area contributed by atoms with Crippen LogP contribution in [0.1, 0.15) is 38.4 Å². The Labute approximate surface area is 128 Å². The van der Waals surface area contributed by atoms with Gasteiger partial charge in [-0.25, -0.2) is 9.36 Å². The van der Waals surface area contributed by atoms with Crippen LogP contribution in [0.4, 0.5) is 0 Å². The number of nitrogens with one attached hydrogen (secondary N) is 1. The fourth-order valence-corrected chi connectivity index (χ4v) is 2.50. The van der Waals surface area contributed by atoms with E-state index in [2.05, 4.69) is 5.32 Å². The molecule has 0 aromatic carbocycles. The summed E-state index contributed by atoms with van der Waals surface area (Å²) in [6, 6.07) is 1.81. The van der Waals surface area contributed by atoms with Crippen molar-refractivity contribution in [3.8, 4) is 6.07 Å². The molecular formula is C15H20N4O3. The number of nitrogens with zero attached hydrogens (tertiary/aromatic N) is 3. The molecule has 0 unspecified atom stereocenters. The molecule has 0 saturated heterocycles. The van der Waals surface area contributed by atoms with Crippen molar-refractivity contribution in [3.05, 3.63) is 32.1 Å². The van der Waals surface area contributed by atoms with E-state index < -0.39 is 17.2 Å². The van der Waals surface area contributed by atoms with Crippen LogP contribution in [0.5, 0.6) is 0 Å². The Morgan fingerprint density at radius 1 is 1.36 bits per heavy atom. The van der Waals surface area contributed by atoms with Gasteiger partial charge in [-0.2, -0.15) is 5.26 Å². The van der Waals surface area contributed by atoms with Crippen LogP contribution in [-0.2, 0) is 24.3 Å². The molecule has 7 heteroatoms. The molecule has 0 fully saturated rings. The van der Waals surface area contributed by atoms with E-state index in [1.807, 2.05) is 26.8 Å². The lowest BCUT2D eigenvalue weighted by molar-refractivity contribution is -0.122. The highest BCUT2D eigenvalue weighted by atomic mass is 16.2. The maximum Gasteiger partial charge on any atom is 0.331 e. The van der Waals surface area contributed by atoms with Crippen molar-refractivity contribution < 1.29 is 4.79 Å². The van der Waals surface area contributed by atoms with E-state index >= 15 is 0 Å². The summed E-state index contributed by atoms with van der Waals surface area (Å²) >= 11 is 0. The maximum atomic E-state index is 12.3. The second-order valence-electron chi connectivity index (χ2n) is 5.96. The van der Waals surface area contributed by atoms with Crippen LogP contribution in [0.25, 0.3) is 0 Å². The van der Waals surface area contributed by atoms with Gasteiger partial charge in [0.2, 0.25) is 5.91 Å². The van der Waals surface area contributed by atoms with Gasteiger partial charge in [0.1, 0.15) is 18.2 Å². The predicted molar refractivity (Wildman–Crippen MR) is 80.4 cm³/mol. The van der Waals surface area contributed by atoms with Crippen molar-refractivity contribution in [2.24, 2.45) is 5.92 Å². The zero-order valence-corrected chi connectivity index (χ0v) is 13.0. The summed E-state index contributed by atoms with van der Waals surface area (Å²) in [4.78, 5) is 36.7. The Morgan fingerprint density at radius 2 is 2.05 bits per heavy atom. The third-order valence-corrected chi connectivity index (χ3v) is 4.13. The van der Waals surface area contributed by atoms with Gasteiger partial charge in [0, 0.05) is 18.3 Å². The molecule has 1 N–H and O–H groups in total. The SMILES string of the molecule is CC(C)[C@@H](C)NC(=O)Cn1c(=O)c(C#N)c2n(c1=O)CCC2. The summed E-state index contributed by atoms with van der Waals surface area (Å²) in [6.07, 6.45) is 1.27. The average Bonchev–Trinajstić information content (AvgIpc) is 2.93. The molecule has 0 spiro atoms. The molecule has 1 amide bonds. The van der Waals surface area contributed by atoms with E-state index in [0.717, 1.165) is 11.0 Å². The molecule has 0 saturated carbocycles. The van der Waals surface area contributed by atoms with Gasteiger partial charge in [-0.3, -0.25) is 14.2 Å². The number of rotatable bonds is 4. The van der Waals surface area contributed by atoms with Crippen LogP contribution in [-0.4, -0.2) is 21.1 Å². The first kappa shape index (κ1) is 16.0. The standard InChI is InChI=1S/C15H20N4O3/c1-9(2)10(3)17-13(20)8-19-14(21)11(7-16)12-5-4-6-18(12)15(19)22/h9-10H,4-6,8H2,1-3H3,(H,17,20)/t10-/m1/s1. The summed E-state index contributed by atoms with van der Waals surface area (Å²) < 4.78 is 2.29. The molecule has 0 bridgehead atoms. The monoisotopic (exact) mass is 304 g/mol. The summed E-state index contributed by atoms with van der Waals surface area (Å²) in [5, 5.41) is 11.9. The third kappa shape index (κ3) is 2.82. The normalized spacial score (nSPS) is 14.5. The molecule has 0 radical (unpaired) electrons. The Morgan fingerprint density at radius 3 is 2.64 bits per heavy atom. The van der Waals surface area contributed by atoms with Crippen molar-refractivity contribution in [2.45, 2.75) is 52.7 Å². The molecule has 22 heavy (non-hydrogen) atoms. The molecule has 1 aliphatic rings. The molecule has 118 valence electrons. The quantitative estimate of drug-likeness (QED) is 0.846. The second-order valence-corrected chi connectivity index (χ2v) is 5.96. The zero-order valence-electron chi connectivity index (χ0n) is 13.0. The zero-order chi connectivity index (χ0) is 16.4. The topological polar surface area (TPSA) is 96.9 Å². The number of amides is 1. The molecule has 2 rings (SSSR count). The lowest BCUT2D eigenvalue weighted by Crippen LogP contribution is -2.46. The van der Waals surface area contributed by atoms with E-state index in [0.29, 0.717) is 18.7 Å². The maximum absolute atomic E-state index is 12.3. The number of carbonyl (C=O) groups is 1. The van der Waals surface area contributed by atoms with Gasteiger partial charge >= 0.3 is 5.69 Å². The van der Waals surface area contributed by atoms with Gasteiger partial charge in [0.15, 0.2) is 0 Å². The smallest absolute Gasteiger partial charge is 0.331 e. The molecular weight excluding hydrogens is 284 g/mol. The molecule has 1 atom stereocenters. The minimum Gasteiger partial charge on any atom is -0.352 e. The lowest BCUT2D eigenvalue weighted by Gasteiger charge is -2.18. The number of carbonyl (C=O) groups excluding carboxylic acids is 1. The van der Waals surface area contributed by atoms with Gasteiger partial charge in [0.05, 0.1) is 0 Å². The van der Waals surface area contributed by atoms with Gasteiger partial charge in [-0.1, -0.05) is 13.8 Å². The Kier molecular flexibility index (Phi) is 4.50. The van der Waals surface area contributed by atoms with Crippen molar-refractivity contribution >= 4 is 5.91 Å². The van der Waals surface area contributed by atoms with Crippen LogP contribution in [0, 0.1) is 17.2 Å². The van der Waals surface area contributed by atoms with Crippen LogP contribution in [0.3, 0.4) is 0 Å². The molecule has 7 nitrogen and oxygen atoms in total. The fourth-order valence-electron chi connectivity index (χ4n) is 2.50. The van der Waals surface area contributed by atoms with Crippen molar-refractivity contribution in [1.29, 1.82) is 5.26 Å². The van der Waals surface area contributed by atoms with Crippen molar-refractivity contribution in [3.63, 3.8) is 0 Å². The van der Waals surface area contributed by atoms with E-state index in [-0.39, 0.29) is 24.1 Å². The Hall–Kier alpha value is -2.36. The number of hydrogen-bond acceptors (Lipinski definition) is 4. The largest absolute Gasteiger partial charge is 0.352 e. The van der Waals surface area contributed by atoms with E-state index in [1.54, 1.807) is 0 Å². The number of hydrogen-bond donors (Lipinski definition) is 1. The number of fused-ring (bicyclic) bond motifs is 1. The first-order chi connectivity index (χ1) is 10.4. The van der Waals surface area contributed by atoms with Crippen molar-refractivity contribution in [2.75, 3.05) is 0 Å². The highest BCUT2D eigenvalue weighted by Crippen LogP contribution is 2.13. The fraction of sp³-hybridized carbons (Fsp3) is 0.600. The molecule has 0 aliphatic carbocycles. The Balaban J connectivity index is 2.37. The summed E-state index contributed by atoms with van der Waals surface area (Å²) in [5.41, 5.74) is -0.719. The molecule has 2 heterocycles. The number of nitriles is 1. The van der Waals surface area contributed by atoms with Crippen LogP contribution >= 0.6 is 0 Å². The Bertz CT molecular complexity index is 752. The van der Waals surface area contributed by atoms with E-state index in [4.69, 9.17) is 0 Å². The van der Waals surface area contributed by atoms with Crippen molar-refractivity contribution in [1.82, 2.24) is 14.5 Å². The summed E-state index contributed by atoms with van der Waals surface area (Å²) in [5.74, 6) is -0.153. The van der Waals surface area contributed by atoms with E-state index in [1.165, 1.54) is 4.57 Å². The lowest BCUT2D eigenvalue weighted by atomic mass is 10.1. The molecule has 1 aromatic rings. The second kappa shape index (κ2) is 6.18. The third-order valence-electron chi connectivity index (χ3n) is 4.13. The first-order valence-corrected chi connectivity index (χ1v) is 7.42. The highest BCUT2D eigenvalue weighted by Gasteiger charge is 2.23. The summed E-state index contributed by atoms with van der Waals surface area (Å²) in [7, 11) is 0. The molecule has 1 aromatic heterocycles. The minimum atomic E-state index is -0.673. The van der Waals surface area contributed by atoms with Gasteiger partial charge in [-0.15, -0.1) is 0 Å². The van der Waals surface area contributed by atoms with E-state index in [9.17, 15) is 19.6 Å². The molecule has 1 aliphatic heterocycles. The van der Waals surface area contributed by atoms with Crippen LogP contribution in [0.15, 0.2) is 9.59 Å². The first-order valence-electron chi connectivity index (χ1n) is 7.42. The average molecular weight is 304 g/mol. The minimum absolute atomic E-state index is 0.0261. The van der Waals surface area contributed by atoms with Gasteiger partial charge in [-0.05, 0) is 25.7 Å². The predicted octanol–water partition coefficient (Wildman–Crippen LogP) is -0.0114. The number of aromatic nitrogens is 2. The highest BCUT2D eigenvalue weighted by molar-refractivity contribution is 5.76.